The van der Waals surface area contributed by atoms with Crippen molar-refractivity contribution in [2.75, 3.05) is 6.61 Å². The molecule has 2 heterocycles. The highest BCUT2D eigenvalue weighted by atomic mass is 35.5. The quantitative estimate of drug-likeness (QED) is 0.495. The molecule has 0 aliphatic rings. The molecule has 0 saturated heterocycles. The maximum atomic E-state index is 13.7. The van der Waals surface area contributed by atoms with Crippen molar-refractivity contribution in [2.45, 2.75) is 6.92 Å². The molecule has 0 amide bonds. The lowest BCUT2D eigenvalue weighted by Crippen LogP contribution is -1.99. The molecule has 128 valence electrons. The maximum absolute atomic E-state index is 13.7. The molecule has 2 aromatic heterocycles. The summed E-state index contributed by atoms with van der Waals surface area (Å²) in [6.45, 7) is 2.22. The van der Waals surface area contributed by atoms with Crippen LogP contribution in [0.3, 0.4) is 0 Å². The number of halogens is 2. The van der Waals surface area contributed by atoms with E-state index >= 15 is 0 Å². The molecular weight excluding hydrogens is 351 g/mol. The van der Waals surface area contributed by atoms with Crippen LogP contribution in [-0.2, 0) is 0 Å². The lowest BCUT2D eigenvalue weighted by atomic mass is 10.2. The second-order valence-corrected chi connectivity index (χ2v) is 4.96. The van der Waals surface area contributed by atoms with Crippen molar-refractivity contribution in [3.05, 3.63) is 53.7 Å². The Hall–Kier alpha value is -3.07. The van der Waals surface area contributed by atoms with Crippen LogP contribution in [0.5, 0.6) is 17.4 Å². The van der Waals surface area contributed by atoms with Gasteiger partial charge in [-0.15, -0.1) is 10.2 Å². The monoisotopic (exact) mass is 362 g/mol. The van der Waals surface area contributed by atoms with Gasteiger partial charge in [0.15, 0.2) is 11.5 Å². The van der Waals surface area contributed by atoms with E-state index in [2.05, 4.69) is 25.3 Å². The van der Waals surface area contributed by atoms with E-state index in [4.69, 9.17) is 21.1 Å². The summed E-state index contributed by atoms with van der Waals surface area (Å²) in [4.78, 5) is 7.26. The van der Waals surface area contributed by atoms with E-state index < -0.39 is 5.82 Å². The van der Waals surface area contributed by atoms with E-state index in [0.717, 1.165) is 11.8 Å². The van der Waals surface area contributed by atoms with Gasteiger partial charge < -0.3 is 9.47 Å². The van der Waals surface area contributed by atoms with Crippen LogP contribution < -0.4 is 9.47 Å². The Morgan fingerprint density at radius 2 is 2.08 bits per heavy atom. The minimum absolute atomic E-state index is 0.118. The van der Waals surface area contributed by atoms with E-state index in [1.54, 1.807) is 24.4 Å². The van der Waals surface area contributed by atoms with Crippen LogP contribution >= 0.6 is 11.6 Å². The second-order valence-electron chi connectivity index (χ2n) is 4.62. The van der Waals surface area contributed by atoms with E-state index in [1.807, 2.05) is 6.92 Å². The van der Waals surface area contributed by atoms with Crippen molar-refractivity contribution < 1.29 is 13.9 Å². The molecule has 25 heavy (non-hydrogen) atoms. The number of hydrogen-bond donors (Lipinski definition) is 0. The van der Waals surface area contributed by atoms with Gasteiger partial charge in [0, 0.05) is 0 Å². The van der Waals surface area contributed by atoms with Crippen LogP contribution in [0, 0.1) is 5.82 Å². The summed E-state index contributed by atoms with van der Waals surface area (Å²) in [5.74, 6) is -0.321. The van der Waals surface area contributed by atoms with Gasteiger partial charge in [0.25, 0.3) is 5.88 Å². The Morgan fingerprint density at radius 1 is 1.28 bits per heavy atom. The first-order chi connectivity index (χ1) is 12.2. The van der Waals surface area contributed by atoms with Crippen LogP contribution in [0.2, 0.25) is 5.28 Å². The van der Waals surface area contributed by atoms with Gasteiger partial charge in [0.05, 0.1) is 19.0 Å². The summed E-state index contributed by atoms with van der Waals surface area (Å²) >= 11 is 5.67. The van der Waals surface area contributed by atoms with E-state index in [0.29, 0.717) is 12.4 Å². The van der Waals surface area contributed by atoms with Crippen LogP contribution in [0.4, 0.5) is 4.39 Å². The third-order valence-electron chi connectivity index (χ3n) is 2.90. The summed E-state index contributed by atoms with van der Waals surface area (Å²) in [7, 11) is 0. The van der Waals surface area contributed by atoms with Gasteiger partial charge in [-0.1, -0.05) is 0 Å². The molecule has 3 rings (SSSR count). The third-order valence-corrected chi connectivity index (χ3v) is 3.09. The number of benzene rings is 1. The highest BCUT2D eigenvalue weighted by Gasteiger charge is 2.13. The summed E-state index contributed by atoms with van der Waals surface area (Å²) in [6, 6.07) is 5.05. The smallest absolute Gasteiger partial charge is 0.260 e. The maximum Gasteiger partial charge on any atom is 0.260 e. The molecule has 0 N–H and O–H groups in total. The zero-order valence-electron chi connectivity index (χ0n) is 13.0. The van der Waals surface area contributed by atoms with E-state index in [1.165, 1.54) is 17.3 Å². The van der Waals surface area contributed by atoms with Crippen molar-refractivity contribution in [1.29, 1.82) is 0 Å². The van der Waals surface area contributed by atoms with Crippen LogP contribution in [0.25, 0.3) is 0 Å². The van der Waals surface area contributed by atoms with Gasteiger partial charge in [0.1, 0.15) is 12.7 Å². The van der Waals surface area contributed by atoms with Gasteiger partial charge in [-0.05, 0) is 42.3 Å². The third kappa shape index (κ3) is 4.27. The molecular formula is C15H12ClFN6O2. The first-order valence-electron chi connectivity index (χ1n) is 7.17. The number of hydrogen-bond acceptors (Lipinski definition) is 7. The number of aromatic nitrogens is 5. The molecule has 0 radical (unpaired) electrons. The largest absolute Gasteiger partial charge is 0.490 e. The molecule has 1 aromatic carbocycles. The zero-order chi connectivity index (χ0) is 17.6. The van der Waals surface area contributed by atoms with Crippen LogP contribution in [-0.4, -0.2) is 37.7 Å². The van der Waals surface area contributed by atoms with Crippen molar-refractivity contribution in [2.24, 2.45) is 5.10 Å². The van der Waals surface area contributed by atoms with E-state index in [9.17, 15) is 4.39 Å². The van der Waals surface area contributed by atoms with Crippen LogP contribution in [0.1, 0.15) is 12.5 Å². The van der Waals surface area contributed by atoms with Gasteiger partial charge in [-0.25, -0.2) is 9.66 Å². The highest BCUT2D eigenvalue weighted by molar-refractivity contribution is 6.28. The average Bonchev–Trinajstić information content (AvgIpc) is 3.12. The molecule has 3 aromatic rings. The van der Waals surface area contributed by atoms with Crippen LogP contribution in [0.15, 0.2) is 42.2 Å². The second kappa shape index (κ2) is 7.67. The molecule has 0 aliphatic carbocycles. The fraction of sp³-hybridized carbons (Fsp3) is 0.133. The van der Waals surface area contributed by atoms with Crippen molar-refractivity contribution in [1.82, 2.24) is 24.8 Å². The Balaban J connectivity index is 1.87. The minimum Gasteiger partial charge on any atom is -0.490 e. The molecule has 0 spiro atoms. The molecule has 0 fully saturated rings. The van der Waals surface area contributed by atoms with E-state index in [-0.39, 0.29) is 16.9 Å². The first kappa shape index (κ1) is 16.8. The molecule has 0 aliphatic heterocycles. The van der Waals surface area contributed by atoms with Gasteiger partial charge in [-0.3, -0.25) is 0 Å². The predicted octanol–water partition coefficient (Wildman–Crippen LogP) is 2.93. The molecule has 0 bridgehead atoms. The number of ether oxygens (including phenoxy) is 2. The zero-order valence-corrected chi connectivity index (χ0v) is 13.8. The summed E-state index contributed by atoms with van der Waals surface area (Å²) in [6.07, 6.45) is 5.45. The van der Waals surface area contributed by atoms with Gasteiger partial charge in [0.2, 0.25) is 11.1 Å². The number of rotatable bonds is 6. The van der Waals surface area contributed by atoms with Crippen molar-refractivity contribution in [3.63, 3.8) is 0 Å². The van der Waals surface area contributed by atoms with Gasteiger partial charge in [-0.2, -0.15) is 14.5 Å². The molecule has 8 nitrogen and oxygen atoms in total. The number of nitrogens with zero attached hydrogens (tertiary/aromatic N) is 6. The van der Waals surface area contributed by atoms with Gasteiger partial charge >= 0.3 is 0 Å². The molecule has 0 atom stereocenters. The fourth-order valence-corrected chi connectivity index (χ4v) is 1.98. The summed E-state index contributed by atoms with van der Waals surface area (Å²) in [5, 5.41) is 11.3. The van der Waals surface area contributed by atoms with Crippen molar-refractivity contribution in [3.8, 4) is 17.4 Å². The Labute approximate surface area is 146 Å². The fourth-order valence-electron chi connectivity index (χ4n) is 1.85. The molecule has 0 saturated carbocycles. The SMILES string of the molecule is CCOc1cc(C=Nn2cnnc2)ccc1Oc1nc(Cl)ncc1F. The lowest BCUT2D eigenvalue weighted by Gasteiger charge is -2.12. The lowest BCUT2D eigenvalue weighted by molar-refractivity contribution is 0.316. The Bertz CT molecular complexity index is 888. The molecule has 0 unspecified atom stereocenters. The first-order valence-corrected chi connectivity index (χ1v) is 7.55. The Kier molecular flexibility index (Phi) is 5.14. The highest BCUT2D eigenvalue weighted by Crippen LogP contribution is 2.32. The summed E-state index contributed by atoms with van der Waals surface area (Å²) < 4.78 is 26.2. The normalized spacial score (nSPS) is 11.0. The Morgan fingerprint density at radius 3 is 2.84 bits per heavy atom. The van der Waals surface area contributed by atoms with Crippen molar-refractivity contribution >= 4 is 17.8 Å². The molecule has 10 heteroatoms. The minimum atomic E-state index is -0.731. The topological polar surface area (TPSA) is 87.3 Å². The summed E-state index contributed by atoms with van der Waals surface area (Å²) in [5.41, 5.74) is 0.741. The average molecular weight is 363 g/mol. The standard InChI is InChI=1S/C15H12ClFN6O2/c1-2-24-13-5-10(6-21-23-8-19-20-9-23)3-4-12(13)25-14-11(17)7-18-15(16)22-14/h3-9H,2H2,1H3. The predicted molar refractivity (Wildman–Crippen MR) is 87.7 cm³/mol.